The first-order valence-electron chi connectivity index (χ1n) is 6.38. The van der Waals surface area contributed by atoms with E-state index in [1.165, 1.54) is 32.4 Å². The summed E-state index contributed by atoms with van der Waals surface area (Å²) in [4.78, 5) is 2.52. The fourth-order valence-electron chi connectivity index (χ4n) is 2.71. The van der Waals surface area contributed by atoms with E-state index in [-0.39, 0.29) is 0 Å². The summed E-state index contributed by atoms with van der Waals surface area (Å²) in [5.74, 6) is 0.497. The lowest BCUT2D eigenvalue weighted by molar-refractivity contribution is 0.208. The number of hydrogen-bond donors (Lipinski definition) is 0. The fourth-order valence-corrected chi connectivity index (χ4v) is 3.42. The zero-order chi connectivity index (χ0) is 12.3. The van der Waals surface area contributed by atoms with Crippen LogP contribution in [-0.2, 0) is 0 Å². The Morgan fingerprint density at radius 3 is 2.65 bits per heavy atom. The van der Waals surface area contributed by atoms with Crippen molar-refractivity contribution in [3.05, 3.63) is 33.8 Å². The van der Waals surface area contributed by atoms with Crippen LogP contribution in [0.25, 0.3) is 0 Å². The van der Waals surface area contributed by atoms with Crippen LogP contribution in [0.15, 0.2) is 18.2 Å². The summed E-state index contributed by atoms with van der Waals surface area (Å²) in [7, 11) is 0. The molecule has 94 valence electrons. The first-order chi connectivity index (χ1) is 8.22. The smallest absolute Gasteiger partial charge is 0.0456 e. The van der Waals surface area contributed by atoms with Gasteiger partial charge in [-0.05, 0) is 56.0 Å². The number of benzene rings is 1. The van der Waals surface area contributed by atoms with Gasteiger partial charge in [-0.2, -0.15) is 0 Å². The third-order valence-electron chi connectivity index (χ3n) is 3.45. The standard InChI is InChI=1S/C14H19Cl2N/c1-2-8-17-9-4-5-11(10-17)14-12(15)6-3-7-13(14)16/h3,6-7,11H,2,4-5,8-10H2,1H3. The lowest BCUT2D eigenvalue weighted by atomic mass is 9.90. The fraction of sp³-hybridized carbons (Fsp3) is 0.571. The van der Waals surface area contributed by atoms with E-state index >= 15 is 0 Å². The molecule has 0 aromatic heterocycles. The molecule has 1 heterocycles. The van der Waals surface area contributed by atoms with E-state index in [2.05, 4.69) is 11.8 Å². The molecule has 1 saturated heterocycles. The van der Waals surface area contributed by atoms with Crippen LogP contribution in [0.2, 0.25) is 10.0 Å². The van der Waals surface area contributed by atoms with Gasteiger partial charge >= 0.3 is 0 Å². The first kappa shape index (κ1) is 13.2. The Morgan fingerprint density at radius 2 is 2.00 bits per heavy atom. The quantitative estimate of drug-likeness (QED) is 0.778. The molecule has 1 unspecified atom stereocenters. The van der Waals surface area contributed by atoms with Crippen LogP contribution < -0.4 is 0 Å². The molecule has 1 aliphatic rings. The Labute approximate surface area is 114 Å². The Kier molecular flexibility index (Phi) is 4.72. The third kappa shape index (κ3) is 3.15. The Morgan fingerprint density at radius 1 is 1.29 bits per heavy atom. The van der Waals surface area contributed by atoms with Gasteiger partial charge in [0.05, 0.1) is 0 Å². The maximum Gasteiger partial charge on any atom is 0.0456 e. The molecular weight excluding hydrogens is 253 g/mol. The van der Waals surface area contributed by atoms with Crippen molar-refractivity contribution in [3.63, 3.8) is 0 Å². The van der Waals surface area contributed by atoms with Gasteiger partial charge in [-0.3, -0.25) is 0 Å². The molecule has 0 saturated carbocycles. The minimum atomic E-state index is 0.497. The zero-order valence-corrected chi connectivity index (χ0v) is 11.8. The second kappa shape index (κ2) is 6.08. The maximum atomic E-state index is 6.28. The Hall–Kier alpha value is -0.240. The molecule has 0 amide bonds. The van der Waals surface area contributed by atoms with Crippen LogP contribution in [0.5, 0.6) is 0 Å². The number of likely N-dealkylation sites (tertiary alicyclic amines) is 1. The monoisotopic (exact) mass is 271 g/mol. The lowest BCUT2D eigenvalue weighted by Crippen LogP contribution is -2.35. The lowest BCUT2D eigenvalue weighted by Gasteiger charge is -2.33. The van der Waals surface area contributed by atoms with Crippen LogP contribution in [0.4, 0.5) is 0 Å². The summed E-state index contributed by atoms with van der Waals surface area (Å²) < 4.78 is 0. The van der Waals surface area contributed by atoms with E-state index < -0.39 is 0 Å². The second-order valence-electron chi connectivity index (χ2n) is 4.78. The van der Waals surface area contributed by atoms with Gasteiger partial charge in [-0.1, -0.05) is 36.2 Å². The zero-order valence-electron chi connectivity index (χ0n) is 10.3. The predicted octanol–water partition coefficient (Wildman–Crippen LogP) is 4.58. The first-order valence-corrected chi connectivity index (χ1v) is 7.14. The van der Waals surface area contributed by atoms with Gasteiger partial charge < -0.3 is 4.90 Å². The van der Waals surface area contributed by atoms with E-state index in [4.69, 9.17) is 23.2 Å². The van der Waals surface area contributed by atoms with E-state index in [0.717, 1.165) is 22.2 Å². The van der Waals surface area contributed by atoms with Crippen molar-refractivity contribution in [3.8, 4) is 0 Å². The molecule has 1 fully saturated rings. The summed E-state index contributed by atoms with van der Waals surface area (Å²) in [6.07, 6.45) is 3.65. The summed E-state index contributed by atoms with van der Waals surface area (Å²) in [6, 6.07) is 5.81. The maximum absolute atomic E-state index is 6.28. The van der Waals surface area contributed by atoms with Crippen LogP contribution in [0, 0.1) is 0 Å². The highest BCUT2D eigenvalue weighted by molar-refractivity contribution is 6.36. The van der Waals surface area contributed by atoms with E-state index in [0.29, 0.717) is 5.92 Å². The normalized spacial score (nSPS) is 21.7. The molecule has 2 rings (SSSR count). The van der Waals surface area contributed by atoms with Crippen LogP contribution in [0.1, 0.15) is 37.7 Å². The number of halogens is 2. The van der Waals surface area contributed by atoms with Gasteiger partial charge in [0.15, 0.2) is 0 Å². The SMILES string of the molecule is CCCN1CCCC(c2c(Cl)cccc2Cl)C1. The topological polar surface area (TPSA) is 3.24 Å². The van der Waals surface area contributed by atoms with Crippen LogP contribution in [-0.4, -0.2) is 24.5 Å². The summed E-state index contributed by atoms with van der Waals surface area (Å²) in [5, 5.41) is 1.64. The molecule has 1 aromatic rings. The number of rotatable bonds is 3. The number of hydrogen-bond acceptors (Lipinski definition) is 1. The van der Waals surface area contributed by atoms with E-state index in [1.54, 1.807) is 0 Å². The van der Waals surface area contributed by atoms with Crippen molar-refractivity contribution in [1.29, 1.82) is 0 Å². The Balaban J connectivity index is 2.16. The molecule has 0 N–H and O–H groups in total. The second-order valence-corrected chi connectivity index (χ2v) is 5.59. The molecule has 1 nitrogen and oxygen atoms in total. The molecule has 17 heavy (non-hydrogen) atoms. The number of piperidine rings is 1. The van der Waals surface area contributed by atoms with Crippen molar-refractivity contribution < 1.29 is 0 Å². The van der Waals surface area contributed by atoms with Crippen molar-refractivity contribution in [2.24, 2.45) is 0 Å². The van der Waals surface area contributed by atoms with Crippen LogP contribution >= 0.6 is 23.2 Å². The summed E-state index contributed by atoms with van der Waals surface area (Å²) in [5.41, 5.74) is 1.15. The molecule has 3 heteroatoms. The molecule has 0 bridgehead atoms. The highest BCUT2D eigenvalue weighted by Crippen LogP contribution is 2.36. The van der Waals surface area contributed by atoms with Gasteiger partial charge in [0.1, 0.15) is 0 Å². The highest BCUT2D eigenvalue weighted by atomic mass is 35.5. The van der Waals surface area contributed by atoms with E-state index in [1.807, 2.05) is 18.2 Å². The minimum Gasteiger partial charge on any atom is -0.303 e. The highest BCUT2D eigenvalue weighted by Gasteiger charge is 2.24. The Bertz CT molecular complexity index is 356. The largest absolute Gasteiger partial charge is 0.303 e. The minimum absolute atomic E-state index is 0.497. The van der Waals surface area contributed by atoms with Gasteiger partial charge in [-0.15, -0.1) is 0 Å². The van der Waals surface area contributed by atoms with Crippen molar-refractivity contribution >= 4 is 23.2 Å². The van der Waals surface area contributed by atoms with Crippen molar-refractivity contribution in [2.75, 3.05) is 19.6 Å². The summed E-state index contributed by atoms with van der Waals surface area (Å²) in [6.45, 7) is 5.72. The van der Waals surface area contributed by atoms with Gasteiger partial charge in [0, 0.05) is 16.6 Å². The van der Waals surface area contributed by atoms with Gasteiger partial charge in [-0.25, -0.2) is 0 Å². The average Bonchev–Trinajstić information content (AvgIpc) is 2.30. The molecular formula is C14H19Cl2N. The predicted molar refractivity (Wildman–Crippen MR) is 75.2 cm³/mol. The molecule has 1 atom stereocenters. The summed E-state index contributed by atoms with van der Waals surface area (Å²) >= 11 is 12.6. The molecule has 0 radical (unpaired) electrons. The molecule has 1 aromatic carbocycles. The van der Waals surface area contributed by atoms with Crippen LogP contribution in [0.3, 0.4) is 0 Å². The molecule has 0 aliphatic carbocycles. The molecule has 1 aliphatic heterocycles. The van der Waals surface area contributed by atoms with E-state index in [9.17, 15) is 0 Å². The average molecular weight is 272 g/mol. The van der Waals surface area contributed by atoms with Crippen molar-refractivity contribution in [1.82, 2.24) is 4.90 Å². The van der Waals surface area contributed by atoms with Gasteiger partial charge in [0.2, 0.25) is 0 Å². The third-order valence-corrected chi connectivity index (χ3v) is 4.11. The molecule has 0 spiro atoms. The number of nitrogens with zero attached hydrogens (tertiary/aromatic N) is 1. The van der Waals surface area contributed by atoms with Gasteiger partial charge in [0.25, 0.3) is 0 Å². The van der Waals surface area contributed by atoms with Crippen molar-refractivity contribution in [2.45, 2.75) is 32.1 Å².